The number of hydrogen-bond acceptors (Lipinski definition) is 4. The van der Waals surface area contributed by atoms with E-state index in [0.717, 1.165) is 28.2 Å². The normalized spacial score (nSPS) is 15.0. The van der Waals surface area contributed by atoms with Crippen molar-refractivity contribution in [3.05, 3.63) is 83.7 Å². The zero-order chi connectivity index (χ0) is 17.2. The largest absolute Gasteiger partial charge is 0.360 e. The summed E-state index contributed by atoms with van der Waals surface area (Å²) in [5.41, 5.74) is 5.55. The lowest BCUT2D eigenvalue weighted by molar-refractivity contribution is 0.102. The average Bonchev–Trinajstić information content (AvgIpc) is 3.07. The van der Waals surface area contributed by atoms with Crippen LogP contribution in [0.3, 0.4) is 0 Å². The fourth-order valence-electron chi connectivity index (χ4n) is 2.84. The molecule has 3 aromatic rings. The van der Waals surface area contributed by atoms with Gasteiger partial charge in [-0.05, 0) is 55.0 Å². The van der Waals surface area contributed by atoms with Crippen LogP contribution >= 0.6 is 0 Å². The van der Waals surface area contributed by atoms with Gasteiger partial charge in [0.2, 0.25) is 0 Å². The summed E-state index contributed by atoms with van der Waals surface area (Å²) in [7, 11) is 0. The molecule has 25 heavy (non-hydrogen) atoms. The fraction of sp³-hybridized carbons (Fsp3) is 0.100. The van der Waals surface area contributed by atoms with Gasteiger partial charge in [0.05, 0.1) is 11.4 Å². The molecular weight excluding hydrogens is 312 g/mol. The van der Waals surface area contributed by atoms with E-state index >= 15 is 0 Å². The molecule has 0 radical (unpaired) electrons. The number of amides is 1. The highest BCUT2D eigenvalue weighted by atomic mass is 16.1. The minimum Gasteiger partial charge on any atom is -0.360 e. The Balaban J connectivity index is 1.51. The first-order valence-corrected chi connectivity index (χ1v) is 8.14. The minimum atomic E-state index is -0.124. The third-order valence-corrected chi connectivity index (χ3v) is 4.23. The summed E-state index contributed by atoms with van der Waals surface area (Å²) in [6, 6.07) is 17.3. The first kappa shape index (κ1) is 15.2. The van der Waals surface area contributed by atoms with Crippen molar-refractivity contribution in [2.75, 3.05) is 16.0 Å². The summed E-state index contributed by atoms with van der Waals surface area (Å²) in [4.78, 5) is 16.5. The van der Waals surface area contributed by atoms with Crippen molar-refractivity contribution in [3.8, 4) is 0 Å². The van der Waals surface area contributed by atoms with Gasteiger partial charge in [-0.2, -0.15) is 0 Å². The molecule has 124 valence electrons. The molecule has 0 aliphatic carbocycles. The zero-order valence-electron chi connectivity index (χ0n) is 13.8. The SMILES string of the molecule is Cc1ccc(NC(=O)c2ccc3c(c2)NC(c2ccncc2)N3)cc1. The van der Waals surface area contributed by atoms with Gasteiger partial charge in [-0.25, -0.2) is 0 Å². The Bertz CT molecular complexity index is 907. The number of pyridine rings is 1. The van der Waals surface area contributed by atoms with Gasteiger partial charge >= 0.3 is 0 Å². The number of nitrogens with zero attached hydrogens (tertiary/aromatic N) is 1. The highest BCUT2D eigenvalue weighted by Gasteiger charge is 2.22. The van der Waals surface area contributed by atoms with E-state index in [4.69, 9.17) is 0 Å². The molecule has 2 aromatic carbocycles. The molecule has 1 aliphatic rings. The molecular formula is C20H18N4O. The van der Waals surface area contributed by atoms with Crippen LogP contribution in [0.2, 0.25) is 0 Å². The number of carbonyl (C=O) groups excluding carboxylic acids is 1. The number of carbonyl (C=O) groups is 1. The van der Waals surface area contributed by atoms with Crippen LogP contribution in [-0.2, 0) is 0 Å². The monoisotopic (exact) mass is 330 g/mol. The van der Waals surface area contributed by atoms with Gasteiger partial charge in [-0.3, -0.25) is 9.78 Å². The second-order valence-corrected chi connectivity index (χ2v) is 6.08. The Kier molecular flexibility index (Phi) is 3.82. The van der Waals surface area contributed by atoms with Crippen molar-refractivity contribution < 1.29 is 4.79 Å². The summed E-state index contributed by atoms with van der Waals surface area (Å²) in [6.07, 6.45) is 3.51. The molecule has 1 amide bonds. The van der Waals surface area contributed by atoms with Crippen LogP contribution in [0.5, 0.6) is 0 Å². The quantitative estimate of drug-likeness (QED) is 0.674. The van der Waals surface area contributed by atoms with Crippen molar-refractivity contribution in [3.63, 3.8) is 0 Å². The van der Waals surface area contributed by atoms with Crippen molar-refractivity contribution in [2.45, 2.75) is 13.1 Å². The third kappa shape index (κ3) is 3.17. The Labute approximate surface area is 146 Å². The number of hydrogen-bond donors (Lipinski definition) is 3. The summed E-state index contributed by atoms with van der Waals surface area (Å²) < 4.78 is 0. The lowest BCUT2D eigenvalue weighted by atomic mass is 10.1. The molecule has 3 N–H and O–H groups in total. The van der Waals surface area contributed by atoms with E-state index in [1.54, 1.807) is 12.4 Å². The smallest absolute Gasteiger partial charge is 0.255 e. The summed E-state index contributed by atoms with van der Waals surface area (Å²) in [5.74, 6) is -0.124. The Morgan fingerprint density at radius 1 is 0.960 bits per heavy atom. The topological polar surface area (TPSA) is 66.0 Å². The number of aromatic nitrogens is 1. The average molecular weight is 330 g/mol. The van der Waals surface area contributed by atoms with E-state index in [-0.39, 0.29) is 12.1 Å². The minimum absolute atomic E-state index is 0.0200. The predicted octanol–water partition coefficient (Wildman–Crippen LogP) is 4.18. The van der Waals surface area contributed by atoms with E-state index in [9.17, 15) is 4.79 Å². The lowest BCUT2D eigenvalue weighted by Crippen LogP contribution is -2.12. The second kappa shape index (κ2) is 6.28. The number of nitrogens with one attached hydrogen (secondary N) is 3. The van der Waals surface area contributed by atoms with E-state index in [0.29, 0.717) is 5.56 Å². The maximum absolute atomic E-state index is 12.5. The van der Waals surface area contributed by atoms with Gasteiger partial charge in [0.25, 0.3) is 5.91 Å². The van der Waals surface area contributed by atoms with E-state index < -0.39 is 0 Å². The molecule has 2 heterocycles. The molecule has 1 atom stereocenters. The molecule has 0 saturated carbocycles. The number of anilines is 3. The first-order valence-electron chi connectivity index (χ1n) is 8.14. The molecule has 1 unspecified atom stereocenters. The Hall–Kier alpha value is -3.34. The second-order valence-electron chi connectivity index (χ2n) is 6.08. The van der Waals surface area contributed by atoms with Gasteiger partial charge in [0, 0.05) is 23.6 Å². The summed E-state index contributed by atoms with van der Waals surface area (Å²) in [6.45, 7) is 2.02. The molecule has 0 saturated heterocycles. The van der Waals surface area contributed by atoms with Crippen LogP contribution in [0.4, 0.5) is 17.1 Å². The maximum atomic E-state index is 12.5. The first-order chi connectivity index (χ1) is 12.2. The van der Waals surface area contributed by atoms with Crippen LogP contribution in [0, 0.1) is 6.92 Å². The van der Waals surface area contributed by atoms with Crippen molar-refractivity contribution in [1.29, 1.82) is 0 Å². The van der Waals surface area contributed by atoms with E-state index in [2.05, 4.69) is 20.9 Å². The summed E-state index contributed by atoms with van der Waals surface area (Å²) in [5, 5.41) is 9.72. The van der Waals surface area contributed by atoms with Crippen molar-refractivity contribution >= 4 is 23.0 Å². The van der Waals surface area contributed by atoms with Crippen LogP contribution < -0.4 is 16.0 Å². The van der Waals surface area contributed by atoms with Crippen LogP contribution in [0.15, 0.2) is 67.0 Å². The van der Waals surface area contributed by atoms with Crippen LogP contribution in [-0.4, -0.2) is 10.9 Å². The molecule has 1 aromatic heterocycles. The molecule has 0 fully saturated rings. The standard InChI is InChI=1S/C20H18N4O/c1-13-2-5-16(6-3-13)22-20(25)15-4-7-17-18(12-15)24-19(23-17)14-8-10-21-11-9-14/h2-12,19,23-24H,1H3,(H,22,25). The summed E-state index contributed by atoms with van der Waals surface area (Å²) >= 11 is 0. The van der Waals surface area contributed by atoms with Gasteiger partial charge in [-0.15, -0.1) is 0 Å². The number of fused-ring (bicyclic) bond motifs is 1. The maximum Gasteiger partial charge on any atom is 0.255 e. The highest BCUT2D eigenvalue weighted by Crippen LogP contribution is 2.35. The van der Waals surface area contributed by atoms with Crippen LogP contribution in [0.1, 0.15) is 27.7 Å². The molecule has 1 aliphatic heterocycles. The van der Waals surface area contributed by atoms with Crippen molar-refractivity contribution in [1.82, 2.24) is 4.98 Å². The predicted molar refractivity (Wildman–Crippen MR) is 99.8 cm³/mol. The van der Waals surface area contributed by atoms with Crippen molar-refractivity contribution in [2.24, 2.45) is 0 Å². The Morgan fingerprint density at radius 2 is 1.68 bits per heavy atom. The van der Waals surface area contributed by atoms with E-state index in [1.165, 1.54) is 0 Å². The number of aryl methyl sites for hydroxylation is 1. The fourth-order valence-corrected chi connectivity index (χ4v) is 2.84. The third-order valence-electron chi connectivity index (χ3n) is 4.23. The van der Waals surface area contributed by atoms with Gasteiger partial charge in [0.15, 0.2) is 0 Å². The molecule has 4 rings (SSSR count). The molecule has 5 nitrogen and oxygen atoms in total. The van der Waals surface area contributed by atoms with Gasteiger partial charge in [-0.1, -0.05) is 17.7 Å². The zero-order valence-corrected chi connectivity index (χ0v) is 13.8. The molecule has 0 spiro atoms. The number of benzene rings is 2. The lowest BCUT2D eigenvalue weighted by Gasteiger charge is -2.11. The Morgan fingerprint density at radius 3 is 2.44 bits per heavy atom. The van der Waals surface area contributed by atoms with Gasteiger partial charge in [0.1, 0.15) is 6.17 Å². The molecule has 5 heteroatoms. The van der Waals surface area contributed by atoms with E-state index in [1.807, 2.05) is 61.5 Å². The number of rotatable bonds is 3. The van der Waals surface area contributed by atoms with Crippen LogP contribution in [0.25, 0.3) is 0 Å². The van der Waals surface area contributed by atoms with Gasteiger partial charge < -0.3 is 16.0 Å². The molecule has 0 bridgehead atoms. The highest BCUT2D eigenvalue weighted by molar-refractivity contribution is 6.05.